The van der Waals surface area contributed by atoms with Crippen LogP contribution in [-0.2, 0) is 9.59 Å². The quantitative estimate of drug-likeness (QED) is 0.767. The molecule has 1 aromatic carbocycles. The first-order valence-electron chi connectivity index (χ1n) is 8.90. The second-order valence-electron chi connectivity index (χ2n) is 7.19. The van der Waals surface area contributed by atoms with E-state index < -0.39 is 6.04 Å². The van der Waals surface area contributed by atoms with Gasteiger partial charge in [-0.05, 0) is 18.6 Å². The summed E-state index contributed by atoms with van der Waals surface area (Å²) in [6.07, 6.45) is 0. The van der Waals surface area contributed by atoms with Crippen molar-refractivity contribution in [3.05, 3.63) is 58.3 Å². The molecule has 2 aliphatic rings. The monoisotopic (exact) mass is 402 g/mol. The molecule has 28 heavy (non-hydrogen) atoms. The number of urea groups is 1. The number of benzene rings is 1. The minimum absolute atomic E-state index is 0.0626. The molecule has 0 bridgehead atoms. The summed E-state index contributed by atoms with van der Waals surface area (Å²) in [4.78, 5) is 42.5. The molecule has 1 N–H and O–H groups in total. The summed E-state index contributed by atoms with van der Waals surface area (Å²) in [6.45, 7) is 6.21. The van der Waals surface area contributed by atoms with Crippen LogP contribution in [0.15, 0.2) is 47.7 Å². The zero-order chi connectivity index (χ0) is 20.6. The number of rotatable bonds is 5. The van der Waals surface area contributed by atoms with E-state index in [-0.39, 0.29) is 30.9 Å². The van der Waals surface area contributed by atoms with E-state index in [4.69, 9.17) is 11.6 Å². The van der Waals surface area contributed by atoms with Gasteiger partial charge in [-0.2, -0.15) is 0 Å². The average Bonchev–Trinajstić information content (AvgIpc) is 2.95. The fraction of sp³-hybridized carbons (Fsp3) is 0.350. The van der Waals surface area contributed by atoms with E-state index in [2.05, 4.69) is 11.9 Å². The number of nitrogens with zero attached hydrogens (tertiary/aromatic N) is 3. The summed E-state index contributed by atoms with van der Waals surface area (Å²) in [5.41, 5.74) is 2.55. The van der Waals surface area contributed by atoms with Gasteiger partial charge in [0.05, 0.1) is 23.9 Å². The van der Waals surface area contributed by atoms with Gasteiger partial charge in [0, 0.05) is 25.7 Å². The number of carbonyl (C=O) groups is 3. The van der Waals surface area contributed by atoms with Crippen molar-refractivity contribution in [2.75, 3.05) is 33.7 Å². The van der Waals surface area contributed by atoms with Crippen molar-refractivity contribution >= 4 is 29.4 Å². The molecule has 2 aliphatic heterocycles. The van der Waals surface area contributed by atoms with Crippen molar-refractivity contribution < 1.29 is 14.4 Å². The number of hydrogen-bond acceptors (Lipinski definition) is 3. The Morgan fingerprint density at radius 3 is 2.68 bits per heavy atom. The molecule has 2 heterocycles. The standard InChI is InChI=1S/C20H23ClN4O3/c1-12(2)9-23(3)16(26)11-25-10-15-17(19(25)27)18(22-20(28)24(15)4)13-7-5-6-8-14(13)21/h5-8,18H,1,9-11H2,2-4H3,(H,22,28)/t18-/m1/s1. The highest BCUT2D eigenvalue weighted by Crippen LogP contribution is 2.37. The van der Waals surface area contributed by atoms with Gasteiger partial charge < -0.3 is 15.1 Å². The third kappa shape index (κ3) is 3.62. The van der Waals surface area contributed by atoms with Crippen molar-refractivity contribution in [3.8, 4) is 0 Å². The van der Waals surface area contributed by atoms with Crippen LogP contribution in [0.2, 0.25) is 5.02 Å². The first-order valence-corrected chi connectivity index (χ1v) is 9.27. The fourth-order valence-corrected chi connectivity index (χ4v) is 3.72. The number of nitrogens with one attached hydrogen (secondary N) is 1. The summed E-state index contributed by atoms with van der Waals surface area (Å²) in [5, 5.41) is 3.30. The molecule has 0 aromatic heterocycles. The molecule has 0 aliphatic carbocycles. The summed E-state index contributed by atoms with van der Waals surface area (Å²) >= 11 is 6.31. The first kappa shape index (κ1) is 19.9. The van der Waals surface area contributed by atoms with Gasteiger partial charge in [-0.25, -0.2) is 4.79 Å². The summed E-state index contributed by atoms with van der Waals surface area (Å²) in [7, 11) is 3.29. The molecule has 0 saturated carbocycles. The molecular formula is C20H23ClN4O3. The SMILES string of the molecule is C=C(C)CN(C)C(=O)CN1CC2=C(C1=O)[C@@H](c1ccccc1Cl)NC(=O)N2C. The zero-order valence-electron chi connectivity index (χ0n) is 16.2. The third-order valence-corrected chi connectivity index (χ3v) is 5.25. The number of likely N-dealkylation sites (N-methyl/N-ethyl adjacent to an activating group) is 2. The van der Waals surface area contributed by atoms with Gasteiger partial charge in [0.2, 0.25) is 5.91 Å². The smallest absolute Gasteiger partial charge is 0.322 e. The van der Waals surface area contributed by atoms with E-state index >= 15 is 0 Å². The highest BCUT2D eigenvalue weighted by molar-refractivity contribution is 6.31. The van der Waals surface area contributed by atoms with Gasteiger partial charge in [-0.15, -0.1) is 0 Å². The van der Waals surface area contributed by atoms with E-state index in [0.29, 0.717) is 28.4 Å². The highest BCUT2D eigenvalue weighted by Gasteiger charge is 2.43. The fourth-order valence-electron chi connectivity index (χ4n) is 3.47. The van der Waals surface area contributed by atoms with Crippen LogP contribution >= 0.6 is 11.6 Å². The van der Waals surface area contributed by atoms with Crippen LogP contribution in [0.25, 0.3) is 0 Å². The largest absolute Gasteiger partial charge is 0.340 e. The normalized spacial score (nSPS) is 18.9. The van der Waals surface area contributed by atoms with E-state index in [0.717, 1.165) is 5.57 Å². The van der Waals surface area contributed by atoms with Crippen molar-refractivity contribution in [2.45, 2.75) is 13.0 Å². The lowest BCUT2D eigenvalue weighted by Crippen LogP contribution is -2.45. The van der Waals surface area contributed by atoms with Crippen LogP contribution in [0.4, 0.5) is 4.79 Å². The minimum atomic E-state index is -0.645. The third-order valence-electron chi connectivity index (χ3n) is 4.91. The number of amides is 4. The lowest BCUT2D eigenvalue weighted by atomic mass is 9.96. The lowest BCUT2D eigenvalue weighted by molar-refractivity contribution is -0.136. The van der Waals surface area contributed by atoms with Gasteiger partial charge >= 0.3 is 6.03 Å². The number of hydrogen-bond donors (Lipinski definition) is 1. The molecule has 0 saturated heterocycles. The van der Waals surface area contributed by atoms with Crippen LogP contribution in [0.3, 0.4) is 0 Å². The molecule has 8 heteroatoms. The van der Waals surface area contributed by atoms with Gasteiger partial charge in [0.15, 0.2) is 0 Å². The van der Waals surface area contributed by atoms with Crippen molar-refractivity contribution in [1.82, 2.24) is 20.0 Å². The Morgan fingerprint density at radius 1 is 1.36 bits per heavy atom. The minimum Gasteiger partial charge on any atom is -0.340 e. The molecule has 1 atom stereocenters. The average molecular weight is 403 g/mol. The van der Waals surface area contributed by atoms with E-state index in [1.807, 2.05) is 6.92 Å². The van der Waals surface area contributed by atoms with Crippen molar-refractivity contribution in [2.24, 2.45) is 0 Å². The van der Waals surface area contributed by atoms with Crippen LogP contribution in [0, 0.1) is 0 Å². The molecule has 1 aromatic rings. The Kier molecular flexibility index (Phi) is 5.47. The maximum absolute atomic E-state index is 13.1. The molecular weight excluding hydrogens is 380 g/mol. The zero-order valence-corrected chi connectivity index (χ0v) is 16.9. The molecule has 0 unspecified atom stereocenters. The van der Waals surface area contributed by atoms with Gasteiger partial charge in [0.1, 0.15) is 6.54 Å². The van der Waals surface area contributed by atoms with E-state index in [1.165, 1.54) is 14.7 Å². The molecule has 0 fully saturated rings. The molecule has 0 radical (unpaired) electrons. The van der Waals surface area contributed by atoms with Crippen LogP contribution < -0.4 is 5.32 Å². The Morgan fingerprint density at radius 2 is 2.04 bits per heavy atom. The highest BCUT2D eigenvalue weighted by atomic mass is 35.5. The molecule has 148 valence electrons. The molecule has 4 amide bonds. The number of carbonyl (C=O) groups excluding carboxylic acids is 3. The maximum atomic E-state index is 13.1. The van der Waals surface area contributed by atoms with Crippen LogP contribution in [-0.4, -0.2) is 66.3 Å². The second kappa shape index (κ2) is 7.67. The van der Waals surface area contributed by atoms with Gasteiger partial charge in [-0.1, -0.05) is 42.0 Å². The summed E-state index contributed by atoms with van der Waals surface area (Å²) in [6, 6.07) is 6.13. The Hall–Kier alpha value is -2.80. The Balaban J connectivity index is 1.88. The predicted molar refractivity (Wildman–Crippen MR) is 107 cm³/mol. The Bertz CT molecular complexity index is 895. The van der Waals surface area contributed by atoms with Gasteiger partial charge in [0.25, 0.3) is 5.91 Å². The molecule has 7 nitrogen and oxygen atoms in total. The molecule has 0 spiro atoms. The second-order valence-corrected chi connectivity index (χ2v) is 7.60. The van der Waals surface area contributed by atoms with E-state index in [1.54, 1.807) is 38.4 Å². The predicted octanol–water partition coefficient (Wildman–Crippen LogP) is 2.17. The van der Waals surface area contributed by atoms with E-state index in [9.17, 15) is 14.4 Å². The van der Waals surface area contributed by atoms with Crippen molar-refractivity contribution in [1.29, 1.82) is 0 Å². The first-order chi connectivity index (χ1) is 13.2. The number of halogens is 1. The maximum Gasteiger partial charge on any atom is 0.322 e. The van der Waals surface area contributed by atoms with Crippen molar-refractivity contribution in [3.63, 3.8) is 0 Å². The Labute approximate surface area is 169 Å². The lowest BCUT2D eigenvalue weighted by Gasteiger charge is -2.31. The molecule has 3 rings (SSSR count). The topological polar surface area (TPSA) is 73.0 Å². The summed E-state index contributed by atoms with van der Waals surface area (Å²) in [5.74, 6) is -0.462. The van der Waals surface area contributed by atoms with Crippen LogP contribution in [0.1, 0.15) is 18.5 Å². The van der Waals surface area contributed by atoms with Gasteiger partial charge in [-0.3, -0.25) is 14.5 Å². The van der Waals surface area contributed by atoms with Crippen LogP contribution in [0.5, 0.6) is 0 Å². The summed E-state index contributed by atoms with van der Waals surface area (Å²) < 4.78 is 0.